The monoisotopic (exact) mass is 373 g/mol. The van der Waals surface area contributed by atoms with Crippen molar-refractivity contribution in [2.75, 3.05) is 5.32 Å². The number of nitrogens with zero attached hydrogens (tertiary/aromatic N) is 2. The van der Waals surface area contributed by atoms with Crippen LogP contribution in [0.1, 0.15) is 26.5 Å². The minimum Gasteiger partial charge on any atom is -0.444 e. The lowest BCUT2D eigenvalue weighted by Crippen LogP contribution is -2.27. The molecule has 2 aromatic heterocycles. The minimum absolute atomic E-state index is 0.468. The summed E-state index contributed by atoms with van der Waals surface area (Å²) in [5, 5.41) is 7.17. The van der Waals surface area contributed by atoms with Crippen molar-refractivity contribution >= 4 is 39.9 Å². The molecule has 1 N–H and O–H groups in total. The van der Waals surface area contributed by atoms with E-state index in [1.807, 2.05) is 45.9 Å². The average Bonchev–Trinajstić information content (AvgIpc) is 2.55. The number of halogens is 1. The molecule has 1 amide bonds. The van der Waals surface area contributed by atoms with Crippen molar-refractivity contribution in [3.05, 3.63) is 27.6 Å². The molecule has 2 aromatic rings. The molecule has 0 atom stereocenters. The van der Waals surface area contributed by atoms with Crippen molar-refractivity contribution < 1.29 is 9.53 Å². The summed E-state index contributed by atoms with van der Waals surface area (Å²) in [4.78, 5) is 11.8. The highest BCUT2D eigenvalue weighted by Gasteiger charge is 2.19. The average molecular weight is 373 g/mol. The Labute approximate surface area is 125 Å². The van der Waals surface area contributed by atoms with Crippen molar-refractivity contribution in [3.8, 4) is 0 Å². The summed E-state index contributed by atoms with van der Waals surface area (Å²) in [7, 11) is 0. The molecular formula is C13H16IN3O2. The van der Waals surface area contributed by atoms with Gasteiger partial charge < -0.3 is 4.74 Å². The van der Waals surface area contributed by atoms with Crippen LogP contribution in [-0.2, 0) is 4.74 Å². The number of aromatic nitrogens is 2. The first kappa shape index (κ1) is 14.1. The summed E-state index contributed by atoms with van der Waals surface area (Å²) >= 11 is 2.20. The predicted octanol–water partition coefficient (Wildman–Crippen LogP) is 3.59. The maximum Gasteiger partial charge on any atom is 0.412 e. The highest BCUT2D eigenvalue weighted by Crippen LogP contribution is 2.24. The number of nitrogens with one attached hydrogen (secondary N) is 1. The topological polar surface area (TPSA) is 55.6 Å². The number of pyridine rings is 1. The van der Waals surface area contributed by atoms with E-state index in [0.717, 1.165) is 14.9 Å². The van der Waals surface area contributed by atoms with E-state index in [-0.39, 0.29) is 0 Å². The Morgan fingerprint density at radius 1 is 1.42 bits per heavy atom. The minimum atomic E-state index is -0.518. The lowest BCUT2D eigenvalue weighted by atomic mass is 10.2. The quantitative estimate of drug-likeness (QED) is 0.614. The van der Waals surface area contributed by atoms with E-state index in [9.17, 15) is 4.79 Å². The van der Waals surface area contributed by atoms with Gasteiger partial charge in [-0.2, -0.15) is 5.10 Å². The summed E-state index contributed by atoms with van der Waals surface area (Å²) in [5.41, 5.74) is 1.79. The summed E-state index contributed by atoms with van der Waals surface area (Å²) in [5.74, 6) is 0. The zero-order valence-electron chi connectivity index (χ0n) is 11.3. The Hall–Kier alpha value is -1.31. The molecule has 5 nitrogen and oxygen atoms in total. The van der Waals surface area contributed by atoms with Gasteiger partial charge in [0.05, 0.1) is 16.9 Å². The third kappa shape index (κ3) is 3.17. The van der Waals surface area contributed by atoms with Gasteiger partial charge in [0.25, 0.3) is 0 Å². The maximum atomic E-state index is 11.8. The van der Waals surface area contributed by atoms with Crippen molar-refractivity contribution in [3.63, 3.8) is 0 Å². The standard InChI is InChI=1S/C13H16IN3O2/c1-8-11(15-12(18)19-13(2,3)4)9-6-5-7-10(14)17(9)16-8/h5-7H,1-4H3,(H,15,18). The molecule has 0 aliphatic heterocycles. The van der Waals surface area contributed by atoms with E-state index in [4.69, 9.17) is 4.74 Å². The molecule has 102 valence electrons. The molecule has 2 rings (SSSR count). The highest BCUT2D eigenvalue weighted by molar-refractivity contribution is 14.1. The van der Waals surface area contributed by atoms with Crippen LogP contribution in [0.2, 0.25) is 0 Å². The lowest BCUT2D eigenvalue weighted by molar-refractivity contribution is 0.0636. The van der Waals surface area contributed by atoms with Gasteiger partial charge in [0.15, 0.2) is 0 Å². The van der Waals surface area contributed by atoms with Gasteiger partial charge in [-0.25, -0.2) is 9.31 Å². The number of aryl methyl sites for hydroxylation is 1. The molecule has 0 saturated carbocycles. The number of carbonyl (C=O) groups excluding carboxylic acids is 1. The van der Waals surface area contributed by atoms with Crippen LogP contribution in [0, 0.1) is 10.6 Å². The first-order chi connectivity index (χ1) is 8.78. The number of anilines is 1. The second kappa shape index (κ2) is 4.99. The van der Waals surface area contributed by atoms with Crippen LogP contribution in [0.5, 0.6) is 0 Å². The van der Waals surface area contributed by atoms with E-state index in [0.29, 0.717) is 5.69 Å². The molecule has 19 heavy (non-hydrogen) atoms. The third-order valence-corrected chi connectivity index (χ3v) is 3.23. The Balaban J connectivity index is 2.33. The predicted molar refractivity (Wildman–Crippen MR) is 82.5 cm³/mol. The van der Waals surface area contributed by atoms with Gasteiger partial charge in [0, 0.05) is 0 Å². The molecule has 2 heterocycles. The molecule has 0 radical (unpaired) electrons. The van der Waals surface area contributed by atoms with Gasteiger partial charge in [0.2, 0.25) is 0 Å². The summed E-state index contributed by atoms with van der Waals surface area (Å²) in [6.45, 7) is 7.35. The molecule has 0 aliphatic rings. The molecule has 0 aliphatic carbocycles. The number of ether oxygens (including phenoxy) is 1. The fourth-order valence-electron chi connectivity index (χ4n) is 1.71. The number of fused-ring (bicyclic) bond motifs is 1. The number of rotatable bonds is 1. The van der Waals surface area contributed by atoms with Gasteiger partial charge in [-0.15, -0.1) is 0 Å². The molecule has 0 saturated heterocycles. The van der Waals surface area contributed by atoms with Crippen molar-refractivity contribution in [1.82, 2.24) is 9.61 Å². The van der Waals surface area contributed by atoms with E-state index >= 15 is 0 Å². The maximum absolute atomic E-state index is 11.8. The fraction of sp³-hybridized carbons (Fsp3) is 0.385. The van der Waals surface area contributed by atoms with E-state index in [2.05, 4.69) is 33.0 Å². The number of amides is 1. The molecule has 0 unspecified atom stereocenters. The molecule has 6 heteroatoms. The molecular weight excluding hydrogens is 357 g/mol. The highest BCUT2D eigenvalue weighted by atomic mass is 127. The number of hydrogen-bond donors (Lipinski definition) is 1. The van der Waals surface area contributed by atoms with Gasteiger partial charge in [0.1, 0.15) is 9.30 Å². The summed E-state index contributed by atoms with van der Waals surface area (Å²) < 4.78 is 8.03. The Kier molecular flexibility index (Phi) is 3.71. The number of hydrogen-bond acceptors (Lipinski definition) is 3. The second-order valence-electron chi connectivity index (χ2n) is 5.23. The van der Waals surface area contributed by atoms with Crippen LogP contribution >= 0.6 is 22.6 Å². The van der Waals surface area contributed by atoms with Gasteiger partial charge in [-0.3, -0.25) is 5.32 Å². The zero-order valence-corrected chi connectivity index (χ0v) is 13.5. The molecule has 0 fully saturated rings. The van der Waals surface area contributed by atoms with E-state index in [1.54, 1.807) is 4.52 Å². The molecule has 0 aromatic carbocycles. The van der Waals surface area contributed by atoms with Crippen molar-refractivity contribution in [2.45, 2.75) is 33.3 Å². The third-order valence-electron chi connectivity index (χ3n) is 2.41. The Bertz CT molecular complexity index is 629. The van der Waals surface area contributed by atoms with Gasteiger partial charge in [-0.1, -0.05) is 6.07 Å². The normalized spacial score (nSPS) is 11.6. The molecule has 0 spiro atoms. The van der Waals surface area contributed by atoms with Crippen molar-refractivity contribution in [1.29, 1.82) is 0 Å². The largest absolute Gasteiger partial charge is 0.444 e. The van der Waals surface area contributed by atoms with Crippen LogP contribution in [0.4, 0.5) is 10.5 Å². The van der Waals surface area contributed by atoms with Crippen LogP contribution in [-0.4, -0.2) is 21.3 Å². The Morgan fingerprint density at radius 2 is 2.11 bits per heavy atom. The van der Waals surface area contributed by atoms with Gasteiger partial charge in [-0.05, 0) is 62.4 Å². The van der Waals surface area contributed by atoms with Crippen LogP contribution in [0.3, 0.4) is 0 Å². The number of carbonyl (C=O) groups is 1. The lowest BCUT2D eigenvalue weighted by Gasteiger charge is -2.19. The summed E-state index contributed by atoms with van der Waals surface area (Å²) in [6.07, 6.45) is -0.468. The smallest absolute Gasteiger partial charge is 0.412 e. The van der Waals surface area contributed by atoms with Crippen LogP contribution in [0.25, 0.3) is 5.52 Å². The van der Waals surface area contributed by atoms with Crippen LogP contribution in [0.15, 0.2) is 18.2 Å². The van der Waals surface area contributed by atoms with Gasteiger partial charge >= 0.3 is 6.09 Å². The van der Waals surface area contributed by atoms with Crippen molar-refractivity contribution in [2.24, 2.45) is 0 Å². The Morgan fingerprint density at radius 3 is 2.74 bits per heavy atom. The van der Waals surface area contributed by atoms with E-state index in [1.165, 1.54) is 0 Å². The first-order valence-corrected chi connectivity index (χ1v) is 6.99. The second-order valence-corrected chi connectivity index (χ2v) is 6.34. The summed E-state index contributed by atoms with van der Waals surface area (Å²) in [6, 6.07) is 5.80. The van der Waals surface area contributed by atoms with Crippen LogP contribution < -0.4 is 5.32 Å². The zero-order chi connectivity index (χ0) is 14.2. The molecule has 0 bridgehead atoms. The first-order valence-electron chi connectivity index (χ1n) is 5.92. The van der Waals surface area contributed by atoms with E-state index < -0.39 is 11.7 Å². The fourth-order valence-corrected chi connectivity index (χ4v) is 2.29. The SMILES string of the molecule is Cc1nn2c(I)cccc2c1NC(=O)OC(C)(C)C.